The minimum absolute atomic E-state index is 1.04. The first kappa shape index (κ1) is 20.2. The Kier molecular flexibility index (Phi) is 7.98. The highest BCUT2D eigenvalue weighted by molar-refractivity contribution is 5.89. The second kappa shape index (κ2) is 10.7. The molecule has 148 valence electrons. The molecule has 1 heterocycles. The third kappa shape index (κ3) is 5.24. The van der Waals surface area contributed by atoms with E-state index in [1.54, 1.807) is 0 Å². The highest BCUT2D eigenvalue weighted by Crippen LogP contribution is 2.30. The number of unbranched alkanes of at least 4 members (excludes halogenated alkanes) is 9. The van der Waals surface area contributed by atoms with Gasteiger partial charge in [-0.1, -0.05) is 70.4 Å². The number of aromatic nitrogens is 1. The average molecular weight is 368 g/mol. The highest BCUT2D eigenvalue weighted by atomic mass is 15.0. The number of benzene rings is 1. The minimum Gasteiger partial charge on any atom is -0.398 e. The van der Waals surface area contributed by atoms with Crippen LogP contribution >= 0.6 is 0 Å². The van der Waals surface area contributed by atoms with Crippen molar-refractivity contribution in [2.45, 2.75) is 103 Å². The lowest BCUT2D eigenvalue weighted by molar-refractivity contribution is -0.680. The van der Waals surface area contributed by atoms with E-state index >= 15 is 0 Å². The molecular weight excluding hydrogens is 328 g/mol. The molecule has 0 atom stereocenters. The Morgan fingerprint density at radius 2 is 1.44 bits per heavy atom. The standard InChI is InChI=1S/C25H38N2/c1-2-3-4-5-6-7-8-9-10-15-20-27-23-18-13-11-16-21(23)25(26)22-17-12-14-19-24(22)27/h11,13,16,18,26H,2-10,12,14-15,17,19-20H2,1H3/p+1. The van der Waals surface area contributed by atoms with Crippen molar-refractivity contribution in [2.24, 2.45) is 0 Å². The molecule has 2 nitrogen and oxygen atoms in total. The van der Waals surface area contributed by atoms with Gasteiger partial charge >= 0.3 is 0 Å². The van der Waals surface area contributed by atoms with Crippen LogP contribution < -0.4 is 10.3 Å². The van der Waals surface area contributed by atoms with Crippen LogP contribution in [0.4, 0.5) is 5.69 Å². The largest absolute Gasteiger partial charge is 0.398 e. The van der Waals surface area contributed by atoms with E-state index in [-0.39, 0.29) is 0 Å². The fourth-order valence-electron chi connectivity index (χ4n) is 4.73. The van der Waals surface area contributed by atoms with Crippen molar-refractivity contribution in [1.29, 1.82) is 0 Å². The van der Waals surface area contributed by atoms with Gasteiger partial charge in [0.15, 0.2) is 5.69 Å². The van der Waals surface area contributed by atoms with Crippen LogP contribution in [0.15, 0.2) is 24.3 Å². The number of rotatable bonds is 11. The smallest absolute Gasteiger partial charge is 0.214 e. The lowest BCUT2D eigenvalue weighted by Gasteiger charge is -2.18. The molecule has 0 bridgehead atoms. The number of nitrogens with two attached hydrogens (primary N) is 1. The molecule has 0 saturated heterocycles. The quantitative estimate of drug-likeness (QED) is 0.356. The zero-order chi connectivity index (χ0) is 18.9. The number of hydrogen-bond acceptors (Lipinski definition) is 1. The first-order valence-electron chi connectivity index (χ1n) is 11.5. The predicted molar refractivity (Wildman–Crippen MR) is 117 cm³/mol. The normalized spacial score (nSPS) is 13.8. The molecular formula is C25H39N2+. The summed E-state index contributed by atoms with van der Waals surface area (Å²) in [5.74, 6) is 0. The van der Waals surface area contributed by atoms with Crippen LogP contribution in [0, 0.1) is 0 Å². The first-order chi connectivity index (χ1) is 13.3. The van der Waals surface area contributed by atoms with E-state index in [4.69, 9.17) is 5.73 Å². The molecule has 0 aliphatic heterocycles. The number of aryl methyl sites for hydroxylation is 1. The Hall–Kier alpha value is -1.57. The van der Waals surface area contributed by atoms with Gasteiger partial charge in [0.2, 0.25) is 5.52 Å². The van der Waals surface area contributed by atoms with Gasteiger partial charge in [-0.25, -0.2) is 0 Å². The van der Waals surface area contributed by atoms with Crippen LogP contribution in [-0.2, 0) is 19.4 Å². The number of nitrogens with zero attached hydrogens (tertiary/aromatic N) is 1. The molecule has 3 rings (SSSR count). The molecule has 2 N–H and O–H groups in total. The maximum absolute atomic E-state index is 6.55. The number of para-hydroxylation sites is 1. The molecule has 1 aromatic carbocycles. The average Bonchev–Trinajstić information content (AvgIpc) is 2.71. The molecule has 0 amide bonds. The maximum Gasteiger partial charge on any atom is 0.214 e. The SMILES string of the molecule is CCCCCCCCCCCC[n+]1c2c(c(N)c3ccccc31)CCCC2. The molecule has 1 aliphatic carbocycles. The molecule has 2 heteroatoms. The third-order valence-electron chi connectivity index (χ3n) is 6.31. The van der Waals surface area contributed by atoms with Crippen LogP contribution in [0.25, 0.3) is 10.9 Å². The monoisotopic (exact) mass is 367 g/mol. The summed E-state index contributed by atoms with van der Waals surface area (Å²) in [6.45, 7) is 3.44. The molecule has 0 spiro atoms. The summed E-state index contributed by atoms with van der Waals surface area (Å²) in [6, 6.07) is 8.75. The van der Waals surface area contributed by atoms with E-state index in [0.29, 0.717) is 0 Å². The number of hydrogen-bond donors (Lipinski definition) is 1. The molecule has 0 unspecified atom stereocenters. The maximum atomic E-state index is 6.55. The minimum atomic E-state index is 1.04. The molecule has 27 heavy (non-hydrogen) atoms. The van der Waals surface area contributed by atoms with Gasteiger partial charge in [0.05, 0.1) is 11.1 Å². The van der Waals surface area contributed by atoms with Gasteiger partial charge in [0, 0.05) is 24.5 Å². The fourth-order valence-corrected chi connectivity index (χ4v) is 4.73. The van der Waals surface area contributed by atoms with E-state index < -0.39 is 0 Å². The Morgan fingerprint density at radius 1 is 0.815 bits per heavy atom. The fraction of sp³-hybridized carbons (Fsp3) is 0.640. The summed E-state index contributed by atoms with van der Waals surface area (Å²) in [5.41, 5.74) is 11.9. The van der Waals surface area contributed by atoms with Crippen molar-refractivity contribution in [2.75, 3.05) is 5.73 Å². The lowest BCUT2D eigenvalue weighted by atomic mass is 9.92. The highest BCUT2D eigenvalue weighted by Gasteiger charge is 2.26. The molecule has 1 aliphatic rings. The van der Waals surface area contributed by atoms with E-state index in [0.717, 1.165) is 18.7 Å². The summed E-state index contributed by atoms with van der Waals surface area (Å²) in [7, 11) is 0. The zero-order valence-electron chi connectivity index (χ0n) is 17.4. The van der Waals surface area contributed by atoms with Crippen molar-refractivity contribution in [1.82, 2.24) is 0 Å². The molecule has 1 aromatic heterocycles. The summed E-state index contributed by atoms with van der Waals surface area (Å²) in [6.07, 6.45) is 18.9. The van der Waals surface area contributed by atoms with Crippen LogP contribution in [-0.4, -0.2) is 0 Å². The summed E-state index contributed by atoms with van der Waals surface area (Å²) >= 11 is 0. The van der Waals surface area contributed by atoms with Gasteiger partial charge in [-0.15, -0.1) is 0 Å². The van der Waals surface area contributed by atoms with Crippen molar-refractivity contribution in [3.8, 4) is 0 Å². The number of anilines is 1. The van der Waals surface area contributed by atoms with Crippen molar-refractivity contribution < 1.29 is 4.57 Å². The topological polar surface area (TPSA) is 29.9 Å². The molecule has 0 radical (unpaired) electrons. The van der Waals surface area contributed by atoms with E-state index in [9.17, 15) is 0 Å². The van der Waals surface area contributed by atoms with Crippen molar-refractivity contribution in [3.63, 3.8) is 0 Å². The Morgan fingerprint density at radius 3 is 2.19 bits per heavy atom. The van der Waals surface area contributed by atoms with Gasteiger partial charge in [0.1, 0.15) is 6.54 Å². The van der Waals surface area contributed by atoms with Crippen molar-refractivity contribution in [3.05, 3.63) is 35.5 Å². The number of nitrogen functional groups attached to an aromatic ring is 1. The Labute approximate surface area is 166 Å². The Balaban J connectivity index is 1.54. The lowest BCUT2D eigenvalue weighted by Crippen LogP contribution is -2.42. The molecule has 0 saturated carbocycles. The number of fused-ring (bicyclic) bond motifs is 2. The van der Waals surface area contributed by atoms with Crippen LogP contribution in [0.5, 0.6) is 0 Å². The van der Waals surface area contributed by atoms with Crippen LogP contribution in [0.3, 0.4) is 0 Å². The van der Waals surface area contributed by atoms with Crippen molar-refractivity contribution >= 4 is 16.6 Å². The first-order valence-corrected chi connectivity index (χ1v) is 11.5. The number of pyridine rings is 1. The van der Waals surface area contributed by atoms with Gasteiger partial charge in [-0.05, 0) is 31.7 Å². The molecule has 0 fully saturated rings. The Bertz CT molecular complexity index is 720. The van der Waals surface area contributed by atoms with Gasteiger partial charge in [0.25, 0.3) is 0 Å². The van der Waals surface area contributed by atoms with Gasteiger partial charge in [-0.2, -0.15) is 4.57 Å². The predicted octanol–water partition coefficient (Wildman–Crippen LogP) is 6.51. The summed E-state index contributed by atoms with van der Waals surface area (Å²) in [5, 5.41) is 1.25. The summed E-state index contributed by atoms with van der Waals surface area (Å²) < 4.78 is 2.60. The van der Waals surface area contributed by atoms with Gasteiger partial charge in [-0.3, -0.25) is 0 Å². The van der Waals surface area contributed by atoms with Crippen LogP contribution in [0.2, 0.25) is 0 Å². The summed E-state index contributed by atoms with van der Waals surface area (Å²) in [4.78, 5) is 0. The second-order valence-corrected chi connectivity index (χ2v) is 8.40. The van der Waals surface area contributed by atoms with E-state index in [1.165, 1.54) is 106 Å². The third-order valence-corrected chi connectivity index (χ3v) is 6.31. The van der Waals surface area contributed by atoms with Crippen LogP contribution in [0.1, 0.15) is 95.2 Å². The zero-order valence-corrected chi connectivity index (χ0v) is 17.4. The van der Waals surface area contributed by atoms with Gasteiger partial charge < -0.3 is 5.73 Å². The van der Waals surface area contributed by atoms with E-state index in [2.05, 4.69) is 35.8 Å². The molecule has 2 aromatic rings. The second-order valence-electron chi connectivity index (χ2n) is 8.40. The van der Waals surface area contributed by atoms with E-state index in [1.807, 2.05) is 0 Å².